The summed E-state index contributed by atoms with van der Waals surface area (Å²) < 4.78 is 5.71. The lowest BCUT2D eigenvalue weighted by molar-refractivity contribution is -0.118. The van der Waals surface area contributed by atoms with Gasteiger partial charge in [0, 0.05) is 22.6 Å². The molecule has 0 bridgehead atoms. The van der Waals surface area contributed by atoms with Gasteiger partial charge in [-0.25, -0.2) is 0 Å². The van der Waals surface area contributed by atoms with Gasteiger partial charge in [0.2, 0.25) is 5.91 Å². The highest BCUT2D eigenvalue weighted by atomic mass is 35.5. The molecule has 1 N–H and O–H groups in total. The highest BCUT2D eigenvalue weighted by Crippen LogP contribution is 2.31. The maximum Gasteiger partial charge on any atom is 0.240 e. The first-order chi connectivity index (χ1) is 15.0. The SMILES string of the molecule is O=C(CC1S/C(=N/N=C/c2ccc(-c3ccc(Cl)cc3Cl)o2)NC1=O)c1ccccc1. The van der Waals surface area contributed by atoms with Crippen LogP contribution < -0.4 is 5.32 Å². The number of benzene rings is 2. The zero-order chi connectivity index (χ0) is 21.8. The summed E-state index contributed by atoms with van der Waals surface area (Å²) in [5.41, 5.74) is 1.29. The van der Waals surface area contributed by atoms with Crippen LogP contribution in [0.3, 0.4) is 0 Å². The van der Waals surface area contributed by atoms with Crippen molar-refractivity contribution in [3.63, 3.8) is 0 Å². The van der Waals surface area contributed by atoms with Crippen molar-refractivity contribution in [1.29, 1.82) is 0 Å². The largest absolute Gasteiger partial charge is 0.455 e. The smallest absolute Gasteiger partial charge is 0.240 e. The number of hydrogen-bond acceptors (Lipinski definition) is 6. The van der Waals surface area contributed by atoms with E-state index in [0.717, 1.165) is 0 Å². The molecular weight excluding hydrogens is 457 g/mol. The molecule has 0 radical (unpaired) electrons. The van der Waals surface area contributed by atoms with Gasteiger partial charge in [-0.1, -0.05) is 65.3 Å². The van der Waals surface area contributed by atoms with E-state index in [1.165, 1.54) is 18.0 Å². The number of nitrogens with one attached hydrogen (secondary N) is 1. The Morgan fingerprint density at radius 2 is 1.94 bits per heavy atom. The number of Topliss-reactive ketones (excluding diaryl/α,β-unsaturated/α-hetero) is 1. The van der Waals surface area contributed by atoms with Crippen LogP contribution in [0.4, 0.5) is 0 Å². The van der Waals surface area contributed by atoms with Crippen LogP contribution in [0, 0.1) is 0 Å². The molecule has 156 valence electrons. The van der Waals surface area contributed by atoms with Crippen LogP contribution in [-0.4, -0.2) is 28.3 Å². The second-order valence-electron chi connectivity index (χ2n) is 6.56. The van der Waals surface area contributed by atoms with Crippen LogP contribution in [0.2, 0.25) is 10.0 Å². The van der Waals surface area contributed by atoms with Crippen molar-refractivity contribution in [2.45, 2.75) is 11.7 Å². The number of carbonyl (C=O) groups excluding carboxylic acids is 2. The van der Waals surface area contributed by atoms with E-state index >= 15 is 0 Å². The fourth-order valence-corrected chi connectivity index (χ4v) is 4.32. The van der Waals surface area contributed by atoms with Crippen LogP contribution in [0.5, 0.6) is 0 Å². The fraction of sp³-hybridized carbons (Fsp3) is 0.0909. The number of nitrogens with zero attached hydrogens (tertiary/aromatic N) is 2. The van der Waals surface area contributed by atoms with Crippen molar-refractivity contribution in [2.24, 2.45) is 10.2 Å². The van der Waals surface area contributed by atoms with Gasteiger partial charge in [0.1, 0.15) is 11.5 Å². The van der Waals surface area contributed by atoms with E-state index in [4.69, 9.17) is 27.6 Å². The Balaban J connectivity index is 1.38. The Morgan fingerprint density at radius 3 is 2.71 bits per heavy atom. The quantitative estimate of drug-likeness (QED) is 0.294. The first kappa shape index (κ1) is 21.4. The molecule has 2 heterocycles. The summed E-state index contributed by atoms with van der Waals surface area (Å²) in [6.45, 7) is 0. The Labute approximate surface area is 192 Å². The highest BCUT2D eigenvalue weighted by molar-refractivity contribution is 8.15. The van der Waals surface area contributed by atoms with Gasteiger partial charge in [0.05, 0.1) is 16.5 Å². The second kappa shape index (κ2) is 9.51. The first-order valence-electron chi connectivity index (χ1n) is 9.21. The molecule has 2 aromatic carbocycles. The Morgan fingerprint density at radius 1 is 1.13 bits per heavy atom. The molecule has 6 nitrogen and oxygen atoms in total. The zero-order valence-electron chi connectivity index (χ0n) is 15.9. The standard InChI is InChI=1S/C22H15Cl2N3O3S/c23-14-6-8-16(17(24)10-14)19-9-7-15(30-19)12-25-27-22-26-21(29)20(31-22)11-18(28)13-4-2-1-3-5-13/h1-10,12,20H,11H2,(H,26,27,29)/b25-12+. The minimum Gasteiger partial charge on any atom is -0.455 e. The van der Waals surface area contributed by atoms with E-state index in [1.54, 1.807) is 54.6 Å². The average Bonchev–Trinajstić information content (AvgIpc) is 3.35. The summed E-state index contributed by atoms with van der Waals surface area (Å²) in [4.78, 5) is 24.5. The second-order valence-corrected chi connectivity index (χ2v) is 8.60. The summed E-state index contributed by atoms with van der Waals surface area (Å²) in [6.07, 6.45) is 1.52. The van der Waals surface area contributed by atoms with Gasteiger partial charge >= 0.3 is 0 Å². The molecule has 1 saturated heterocycles. The van der Waals surface area contributed by atoms with E-state index in [0.29, 0.717) is 37.9 Å². The third-order valence-electron chi connectivity index (χ3n) is 4.40. The van der Waals surface area contributed by atoms with Crippen molar-refractivity contribution in [1.82, 2.24) is 5.32 Å². The van der Waals surface area contributed by atoms with Gasteiger partial charge in [-0.15, -0.1) is 5.10 Å². The predicted molar refractivity (Wildman–Crippen MR) is 124 cm³/mol. The summed E-state index contributed by atoms with van der Waals surface area (Å²) in [6, 6.07) is 17.5. The molecule has 0 spiro atoms. The molecule has 0 aliphatic carbocycles. The number of halogens is 2. The molecule has 1 aromatic heterocycles. The molecule has 1 fully saturated rings. The van der Waals surface area contributed by atoms with Crippen molar-refractivity contribution in [3.05, 3.63) is 82.0 Å². The van der Waals surface area contributed by atoms with Gasteiger partial charge < -0.3 is 9.73 Å². The minimum atomic E-state index is -0.538. The van der Waals surface area contributed by atoms with E-state index in [2.05, 4.69) is 15.5 Å². The third kappa shape index (κ3) is 5.25. The molecule has 9 heteroatoms. The summed E-state index contributed by atoms with van der Waals surface area (Å²) >= 11 is 13.3. The Hall–Kier alpha value is -2.87. The van der Waals surface area contributed by atoms with Gasteiger partial charge in [-0.05, 0) is 30.3 Å². The Kier molecular flexibility index (Phi) is 6.56. The van der Waals surface area contributed by atoms with Crippen LogP contribution in [0.1, 0.15) is 22.5 Å². The maximum atomic E-state index is 12.3. The van der Waals surface area contributed by atoms with Crippen molar-refractivity contribution >= 4 is 58.0 Å². The van der Waals surface area contributed by atoms with Crippen molar-refractivity contribution in [3.8, 4) is 11.3 Å². The van der Waals surface area contributed by atoms with Gasteiger partial charge in [0.15, 0.2) is 11.0 Å². The number of hydrogen-bond donors (Lipinski definition) is 1. The normalized spacial score (nSPS) is 17.4. The molecule has 0 saturated carbocycles. The molecule has 1 unspecified atom stereocenters. The number of rotatable bonds is 6. The van der Waals surface area contributed by atoms with Crippen LogP contribution in [0.15, 0.2) is 75.3 Å². The third-order valence-corrected chi connectivity index (χ3v) is 6.02. The molecule has 3 aromatic rings. The molecule has 31 heavy (non-hydrogen) atoms. The lowest BCUT2D eigenvalue weighted by atomic mass is 10.1. The monoisotopic (exact) mass is 471 g/mol. The summed E-state index contributed by atoms with van der Waals surface area (Å²) in [5.74, 6) is 0.678. The van der Waals surface area contributed by atoms with E-state index in [9.17, 15) is 9.59 Å². The molecule has 1 amide bonds. The number of amides is 1. The molecule has 1 atom stereocenters. The number of ketones is 1. The molecule has 1 aliphatic rings. The molecule has 1 aliphatic heterocycles. The predicted octanol–water partition coefficient (Wildman–Crippen LogP) is 5.45. The number of carbonyl (C=O) groups is 2. The van der Waals surface area contributed by atoms with Crippen molar-refractivity contribution in [2.75, 3.05) is 0 Å². The van der Waals surface area contributed by atoms with Gasteiger partial charge in [0.25, 0.3) is 0 Å². The van der Waals surface area contributed by atoms with E-state index in [1.807, 2.05) is 6.07 Å². The molecular formula is C22H15Cl2N3O3S. The maximum absolute atomic E-state index is 12.3. The summed E-state index contributed by atoms with van der Waals surface area (Å²) in [5, 5.41) is 11.4. The topological polar surface area (TPSA) is 84.0 Å². The van der Waals surface area contributed by atoms with Gasteiger partial charge in [-0.2, -0.15) is 5.10 Å². The van der Waals surface area contributed by atoms with Crippen LogP contribution >= 0.6 is 35.0 Å². The van der Waals surface area contributed by atoms with Gasteiger partial charge in [-0.3, -0.25) is 9.59 Å². The lowest BCUT2D eigenvalue weighted by Crippen LogP contribution is -2.26. The first-order valence-corrected chi connectivity index (χ1v) is 10.9. The van der Waals surface area contributed by atoms with E-state index < -0.39 is 5.25 Å². The number of thioether (sulfide) groups is 1. The Bertz CT molecular complexity index is 1190. The number of furan rings is 1. The van der Waals surface area contributed by atoms with E-state index in [-0.39, 0.29) is 18.1 Å². The van der Waals surface area contributed by atoms with Crippen LogP contribution in [-0.2, 0) is 4.79 Å². The summed E-state index contributed by atoms with van der Waals surface area (Å²) in [7, 11) is 0. The molecule has 4 rings (SSSR count). The highest BCUT2D eigenvalue weighted by Gasteiger charge is 2.32. The average molecular weight is 472 g/mol. The minimum absolute atomic E-state index is 0.0899. The fourth-order valence-electron chi connectivity index (χ4n) is 2.89. The number of amidine groups is 1. The van der Waals surface area contributed by atoms with Crippen LogP contribution in [0.25, 0.3) is 11.3 Å². The van der Waals surface area contributed by atoms with Crippen molar-refractivity contribution < 1.29 is 14.0 Å². The zero-order valence-corrected chi connectivity index (χ0v) is 18.2. The lowest BCUT2D eigenvalue weighted by Gasteiger charge is -2.04.